The maximum atomic E-state index is 3.80. The topological polar surface area (TPSA) is 24.4 Å². The van der Waals surface area contributed by atoms with Crippen LogP contribution in [0, 0.1) is 0 Å². The second-order valence-corrected chi connectivity index (χ2v) is 3.07. The van der Waals surface area contributed by atoms with Gasteiger partial charge in [0, 0.05) is 12.3 Å². The van der Waals surface area contributed by atoms with Gasteiger partial charge in [-0.25, -0.2) is 0 Å². The zero-order chi connectivity index (χ0) is 6.41. The van der Waals surface area contributed by atoms with Crippen LogP contribution in [0.15, 0.2) is 5.10 Å². The number of thioether (sulfide) groups is 1. The van der Waals surface area contributed by atoms with Crippen molar-refractivity contribution in [1.29, 1.82) is 0 Å². The minimum absolute atomic E-state index is 0.632. The zero-order valence-corrected chi connectivity index (χ0v) is 6.33. The maximum Gasteiger partial charge on any atom is 0.0799 e. The number of rotatable bonds is 3. The second-order valence-electron chi connectivity index (χ2n) is 1.64. The van der Waals surface area contributed by atoms with Crippen LogP contribution in [0.3, 0.4) is 0 Å². The fourth-order valence-electron chi connectivity index (χ4n) is 0.205. The lowest BCUT2D eigenvalue weighted by Gasteiger charge is -1.94. The molecule has 3 heteroatoms. The van der Waals surface area contributed by atoms with Crippen LogP contribution in [-0.2, 0) is 0 Å². The smallest absolute Gasteiger partial charge is 0.0799 e. The highest BCUT2D eigenvalue weighted by Gasteiger charge is 1.85. The second kappa shape index (κ2) is 4.97. The van der Waals surface area contributed by atoms with Gasteiger partial charge in [0.2, 0.25) is 0 Å². The molecule has 0 amide bonds. The standard InChI is InChI=1S/C5H12N2S/c1-5(2)8-4-7-6-3/h4-6H,1-3H3/b7-4+. The molecule has 0 unspecified atom stereocenters. The molecule has 0 radical (unpaired) electrons. The van der Waals surface area contributed by atoms with Crippen molar-refractivity contribution in [2.45, 2.75) is 19.1 Å². The zero-order valence-electron chi connectivity index (χ0n) is 5.51. The van der Waals surface area contributed by atoms with E-state index < -0.39 is 0 Å². The molecule has 48 valence electrons. The summed E-state index contributed by atoms with van der Waals surface area (Å²) in [6, 6.07) is 0. The molecule has 8 heavy (non-hydrogen) atoms. The van der Waals surface area contributed by atoms with Crippen molar-refractivity contribution in [3.63, 3.8) is 0 Å². The maximum absolute atomic E-state index is 3.80. The number of nitrogens with one attached hydrogen (secondary N) is 1. The Morgan fingerprint density at radius 3 is 2.62 bits per heavy atom. The largest absolute Gasteiger partial charge is 0.313 e. The molecule has 1 N–H and O–H groups in total. The molecule has 0 aliphatic heterocycles. The Morgan fingerprint density at radius 1 is 1.62 bits per heavy atom. The van der Waals surface area contributed by atoms with Crippen molar-refractivity contribution >= 4 is 17.3 Å². The summed E-state index contributed by atoms with van der Waals surface area (Å²) in [5.41, 5.74) is 4.48. The molecule has 0 atom stereocenters. The van der Waals surface area contributed by atoms with E-state index in [9.17, 15) is 0 Å². The Balaban J connectivity index is 3.03. The Kier molecular flexibility index (Phi) is 4.85. The van der Waals surface area contributed by atoms with Crippen LogP contribution in [0.5, 0.6) is 0 Å². The summed E-state index contributed by atoms with van der Waals surface area (Å²) in [6.07, 6.45) is 0. The fraction of sp³-hybridized carbons (Fsp3) is 0.800. The molecule has 0 aromatic heterocycles. The summed E-state index contributed by atoms with van der Waals surface area (Å²) in [4.78, 5) is 0. The van der Waals surface area contributed by atoms with Gasteiger partial charge in [0.15, 0.2) is 0 Å². The van der Waals surface area contributed by atoms with Crippen molar-refractivity contribution in [1.82, 2.24) is 5.43 Å². The van der Waals surface area contributed by atoms with E-state index in [4.69, 9.17) is 0 Å². The van der Waals surface area contributed by atoms with E-state index in [0.717, 1.165) is 0 Å². The third kappa shape index (κ3) is 5.82. The van der Waals surface area contributed by atoms with E-state index in [0.29, 0.717) is 5.25 Å². The van der Waals surface area contributed by atoms with Gasteiger partial charge in [0.1, 0.15) is 0 Å². The summed E-state index contributed by atoms with van der Waals surface area (Å²) < 4.78 is 0. The first kappa shape index (κ1) is 7.82. The molecule has 2 nitrogen and oxygen atoms in total. The summed E-state index contributed by atoms with van der Waals surface area (Å²) >= 11 is 1.70. The predicted molar refractivity (Wildman–Crippen MR) is 40.3 cm³/mol. The van der Waals surface area contributed by atoms with Crippen LogP contribution in [-0.4, -0.2) is 17.8 Å². The number of hydrogen-bond acceptors (Lipinski definition) is 3. The lowest BCUT2D eigenvalue weighted by atomic mass is 10.6. The van der Waals surface area contributed by atoms with E-state index in [1.165, 1.54) is 0 Å². The van der Waals surface area contributed by atoms with E-state index in [-0.39, 0.29) is 0 Å². The summed E-state index contributed by atoms with van der Waals surface area (Å²) in [5, 5.41) is 4.43. The van der Waals surface area contributed by atoms with Crippen LogP contribution in [0.1, 0.15) is 13.8 Å². The molecule has 0 spiro atoms. The molecule has 0 fully saturated rings. The third-order valence-corrected chi connectivity index (χ3v) is 1.29. The van der Waals surface area contributed by atoms with E-state index in [1.807, 2.05) is 5.55 Å². The number of hydrazone groups is 1. The number of hydrogen-bond donors (Lipinski definition) is 1. The lowest BCUT2D eigenvalue weighted by molar-refractivity contribution is 0.911. The predicted octanol–water partition coefficient (Wildman–Crippen LogP) is 1.29. The SMILES string of the molecule is CN/N=C/SC(C)C. The average molecular weight is 132 g/mol. The Hall–Kier alpha value is -0.180. The minimum Gasteiger partial charge on any atom is -0.313 e. The van der Waals surface area contributed by atoms with Gasteiger partial charge in [0.05, 0.1) is 5.55 Å². The molecular weight excluding hydrogens is 120 g/mol. The Bertz CT molecular complexity index is 70.8. The molecule has 0 heterocycles. The van der Waals surface area contributed by atoms with Gasteiger partial charge in [-0.15, -0.1) is 11.8 Å². The highest BCUT2D eigenvalue weighted by atomic mass is 32.2. The van der Waals surface area contributed by atoms with Crippen LogP contribution in [0.4, 0.5) is 0 Å². The van der Waals surface area contributed by atoms with Crippen LogP contribution >= 0.6 is 11.8 Å². The molecular formula is C5H12N2S. The molecule has 0 saturated carbocycles. The fourth-order valence-corrected chi connectivity index (χ4v) is 0.615. The Labute approximate surface area is 54.7 Å². The van der Waals surface area contributed by atoms with Gasteiger partial charge >= 0.3 is 0 Å². The molecule has 0 aromatic rings. The summed E-state index contributed by atoms with van der Waals surface area (Å²) in [5.74, 6) is 0. The highest BCUT2D eigenvalue weighted by Crippen LogP contribution is 2.03. The summed E-state index contributed by atoms with van der Waals surface area (Å²) in [6.45, 7) is 4.26. The first-order chi connectivity index (χ1) is 3.77. The van der Waals surface area contributed by atoms with Gasteiger partial charge in [-0.05, 0) is 0 Å². The minimum atomic E-state index is 0.632. The monoisotopic (exact) mass is 132 g/mol. The van der Waals surface area contributed by atoms with Gasteiger partial charge in [-0.3, -0.25) is 0 Å². The van der Waals surface area contributed by atoms with Crippen molar-refractivity contribution in [2.24, 2.45) is 5.10 Å². The van der Waals surface area contributed by atoms with E-state index >= 15 is 0 Å². The van der Waals surface area contributed by atoms with Crippen LogP contribution in [0.2, 0.25) is 0 Å². The van der Waals surface area contributed by atoms with Crippen LogP contribution in [0.25, 0.3) is 0 Å². The normalized spacial score (nSPS) is 11.0. The summed E-state index contributed by atoms with van der Waals surface area (Å²) in [7, 11) is 1.79. The van der Waals surface area contributed by atoms with Gasteiger partial charge in [-0.2, -0.15) is 5.10 Å². The van der Waals surface area contributed by atoms with Gasteiger partial charge in [0.25, 0.3) is 0 Å². The molecule has 0 rings (SSSR count). The first-order valence-electron chi connectivity index (χ1n) is 2.61. The van der Waals surface area contributed by atoms with E-state index in [1.54, 1.807) is 18.8 Å². The molecule has 0 aliphatic rings. The first-order valence-corrected chi connectivity index (χ1v) is 3.55. The van der Waals surface area contributed by atoms with Crippen molar-refractivity contribution in [3.05, 3.63) is 0 Å². The lowest BCUT2D eigenvalue weighted by Crippen LogP contribution is -1.93. The quantitative estimate of drug-likeness (QED) is 0.355. The van der Waals surface area contributed by atoms with Gasteiger partial charge < -0.3 is 5.43 Å². The molecule has 0 aromatic carbocycles. The number of nitrogens with zero attached hydrogens (tertiary/aromatic N) is 1. The van der Waals surface area contributed by atoms with Crippen LogP contribution < -0.4 is 5.43 Å². The molecule has 0 bridgehead atoms. The molecule has 0 aliphatic carbocycles. The molecule has 0 saturated heterocycles. The van der Waals surface area contributed by atoms with Crippen molar-refractivity contribution in [3.8, 4) is 0 Å². The van der Waals surface area contributed by atoms with Crippen molar-refractivity contribution in [2.75, 3.05) is 7.05 Å². The van der Waals surface area contributed by atoms with Crippen molar-refractivity contribution < 1.29 is 0 Å². The van der Waals surface area contributed by atoms with Gasteiger partial charge in [-0.1, -0.05) is 13.8 Å². The Morgan fingerprint density at radius 2 is 2.25 bits per heavy atom. The third-order valence-electron chi connectivity index (χ3n) is 0.515. The van der Waals surface area contributed by atoms with E-state index in [2.05, 4.69) is 24.4 Å². The average Bonchev–Trinajstić information content (AvgIpc) is 1.66. The highest BCUT2D eigenvalue weighted by molar-refractivity contribution is 8.12.